The van der Waals surface area contributed by atoms with E-state index in [9.17, 15) is 0 Å². The number of hydrogen-bond donors (Lipinski definition) is 0. The monoisotopic (exact) mass is 334 g/mol. The van der Waals surface area contributed by atoms with Gasteiger partial charge >= 0.3 is 0 Å². The predicted molar refractivity (Wildman–Crippen MR) is 103 cm³/mol. The van der Waals surface area contributed by atoms with Crippen LogP contribution in [0.25, 0.3) is 10.9 Å². The fourth-order valence-electron chi connectivity index (χ4n) is 3.71. The van der Waals surface area contributed by atoms with Crippen molar-refractivity contribution in [3.63, 3.8) is 0 Å². The molecule has 1 aliphatic heterocycles. The molecule has 0 amide bonds. The summed E-state index contributed by atoms with van der Waals surface area (Å²) in [6.07, 6.45) is 6.19. The maximum absolute atomic E-state index is 6.02. The van der Waals surface area contributed by atoms with Crippen LogP contribution < -0.4 is 4.74 Å². The summed E-state index contributed by atoms with van der Waals surface area (Å²) in [5.41, 5.74) is 2.62. The van der Waals surface area contributed by atoms with Gasteiger partial charge in [0.05, 0.1) is 6.54 Å². The van der Waals surface area contributed by atoms with Crippen LogP contribution in [0.4, 0.5) is 0 Å². The van der Waals surface area contributed by atoms with Crippen molar-refractivity contribution in [2.75, 3.05) is 19.7 Å². The van der Waals surface area contributed by atoms with Crippen molar-refractivity contribution in [1.29, 1.82) is 0 Å². The zero-order chi connectivity index (χ0) is 16.9. The van der Waals surface area contributed by atoms with Gasteiger partial charge in [-0.3, -0.25) is 4.90 Å². The molecule has 0 saturated carbocycles. The third-order valence-corrected chi connectivity index (χ3v) is 5.03. The molecule has 4 rings (SSSR count). The van der Waals surface area contributed by atoms with Crippen LogP contribution in [0.15, 0.2) is 60.8 Å². The third kappa shape index (κ3) is 4.05. The molecule has 0 N–H and O–H groups in total. The Bertz CT molecular complexity index is 818. The summed E-state index contributed by atoms with van der Waals surface area (Å²) in [6, 6.07) is 19.2. The first-order valence-corrected chi connectivity index (χ1v) is 9.36. The Morgan fingerprint density at radius 3 is 2.68 bits per heavy atom. The average Bonchev–Trinajstić information content (AvgIpc) is 3.06. The first-order valence-electron chi connectivity index (χ1n) is 9.36. The van der Waals surface area contributed by atoms with Gasteiger partial charge in [0.15, 0.2) is 0 Å². The van der Waals surface area contributed by atoms with Crippen molar-refractivity contribution in [3.8, 4) is 5.75 Å². The number of fused-ring (bicyclic) bond motifs is 1. The van der Waals surface area contributed by atoms with Crippen LogP contribution in [-0.4, -0.2) is 29.2 Å². The molecule has 3 nitrogen and oxygen atoms in total. The molecule has 0 aliphatic carbocycles. The lowest BCUT2D eigenvalue weighted by Crippen LogP contribution is -2.29. The van der Waals surface area contributed by atoms with Crippen LogP contribution in [0.2, 0.25) is 0 Å². The highest BCUT2D eigenvalue weighted by atomic mass is 16.5. The predicted octanol–water partition coefficient (Wildman–Crippen LogP) is 4.71. The molecule has 0 unspecified atom stereocenters. The van der Waals surface area contributed by atoms with Crippen LogP contribution in [0.3, 0.4) is 0 Å². The number of para-hydroxylation sites is 1. The number of nitrogens with zero attached hydrogens (tertiary/aromatic N) is 2. The van der Waals surface area contributed by atoms with Gasteiger partial charge in [-0.25, -0.2) is 0 Å². The molecule has 1 saturated heterocycles. The van der Waals surface area contributed by atoms with Crippen molar-refractivity contribution >= 4 is 10.9 Å². The van der Waals surface area contributed by atoms with Crippen molar-refractivity contribution in [2.24, 2.45) is 0 Å². The molecule has 0 radical (unpaired) electrons. The highest BCUT2D eigenvalue weighted by molar-refractivity contribution is 5.79. The number of piperidine rings is 1. The number of ether oxygens (including phenoxy) is 1. The van der Waals surface area contributed by atoms with Crippen molar-refractivity contribution in [2.45, 2.75) is 32.4 Å². The normalized spacial score (nSPS) is 15.5. The second-order valence-corrected chi connectivity index (χ2v) is 6.90. The molecule has 0 atom stereocenters. The van der Waals surface area contributed by atoms with E-state index in [4.69, 9.17) is 4.74 Å². The lowest BCUT2D eigenvalue weighted by molar-refractivity contribution is 0.220. The molecule has 1 fully saturated rings. The van der Waals surface area contributed by atoms with Crippen LogP contribution in [0.1, 0.15) is 24.8 Å². The minimum atomic E-state index is 0.686. The Balaban J connectivity index is 1.34. The molecule has 1 aromatic heterocycles. The second-order valence-electron chi connectivity index (χ2n) is 6.90. The van der Waals surface area contributed by atoms with Crippen LogP contribution in [0, 0.1) is 0 Å². The van der Waals surface area contributed by atoms with E-state index in [1.807, 2.05) is 0 Å². The summed E-state index contributed by atoms with van der Waals surface area (Å²) in [5.74, 6) is 0.978. The molecular weight excluding hydrogens is 308 g/mol. The molecule has 130 valence electrons. The summed E-state index contributed by atoms with van der Waals surface area (Å²) >= 11 is 0. The highest BCUT2D eigenvalue weighted by Gasteiger charge is 2.10. The van der Waals surface area contributed by atoms with Gasteiger partial charge in [0, 0.05) is 18.3 Å². The Labute approximate surface area is 149 Å². The summed E-state index contributed by atoms with van der Waals surface area (Å²) in [4.78, 5) is 2.55. The first-order chi connectivity index (χ1) is 12.4. The van der Waals surface area contributed by atoms with Crippen LogP contribution in [0.5, 0.6) is 5.75 Å². The number of benzene rings is 2. The van der Waals surface area contributed by atoms with Gasteiger partial charge in [-0.05, 0) is 61.1 Å². The minimum absolute atomic E-state index is 0.686. The van der Waals surface area contributed by atoms with Gasteiger partial charge in [0.25, 0.3) is 0 Å². The van der Waals surface area contributed by atoms with Crippen LogP contribution in [-0.2, 0) is 13.1 Å². The number of aromatic nitrogens is 1. The SMILES string of the molecule is c1cc(CN2CCCCC2)cc(OCCn2ccc3ccccc32)c1. The maximum Gasteiger partial charge on any atom is 0.119 e. The summed E-state index contributed by atoms with van der Waals surface area (Å²) < 4.78 is 8.28. The van der Waals surface area contributed by atoms with Gasteiger partial charge in [-0.15, -0.1) is 0 Å². The lowest BCUT2D eigenvalue weighted by Gasteiger charge is -2.26. The van der Waals surface area contributed by atoms with Gasteiger partial charge in [0.1, 0.15) is 12.4 Å². The zero-order valence-electron chi connectivity index (χ0n) is 14.7. The first kappa shape index (κ1) is 16.2. The fourth-order valence-corrected chi connectivity index (χ4v) is 3.71. The fraction of sp³-hybridized carbons (Fsp3) is 0.364. The molecule has 0 spiro atoms. The quantitative estimate of drug-likeness (QED) is 0.650. The molecule has 3 aromatic rings. The Morgan fingerprint density at radius 2 is 1.76 bits per heavy atom. The van der Waals surface area contributed by atoms with E-state index < -0.39 is 0 Å². The van der Waals surface area contributed by atoms with Gasteiger partial charge < -0.3 is 9.30 Å². The third-order valence-electron chi connectivity index (χ3n) is 5.03. The second kappa shape index (κ2) is 7.75. The molecule has 1 aliphatic rings. The summed E-state index contributed by atoms with van der Waals surface area (Å²) in [6.45, 7) is 5.05. The number of rotatable bonds is 6. The van der Waals surface area contributed by atoms with E-state index in [1.54, 1.807) is 0 Å². The summed E-state index contributed by atoms with van der Waals surface area (Å²) in [7, 11) is 0. The van der Waals surface area contributed by atoms with E-state index in [0.717, 1.165) is 18.8 Å². The van der Waals surface area contributed by atoms with E-state index in [1.165, 1.54) is 48.8 Å². The topological polar surface area (TPSA) is 17.4 Å². The van der Waals surface area contributed by atoms with E-state index in [-0.39, 0.29) is 0 Å². The largest absolute Gasteiger partial charge is 0.492 e. The lowest BCUT2D eigenvalue weighted by atomic mass is 10.1. The molecule has 25 heavy (non-hydrogen) atoms. The molecule has 2 aromatic carbocycles. The molecule has 2 heterocycles. The average molecular weight is 334 g/mol. The number of likely N-dealkylation sites (tertiary alicyclic amines) is 1. The Morgan fingerprint density at radius 1 is 0.880 bits per heavy atom. The molecular formula is C22H26N2O. The van der Waals surface area contributed by atoms with Crippen molar-refractivity contribution < 1.29 is 4.74 Å². The van der Waals surface area contributed by atoms with E-state index in [0.29, 0.717) is 6.61 Å². The maximum atomic E-state index is 6.02. The minimum Gasteiger partial charge on any atom is -0.492 e. The van der Waals surface area contributed by atoms with Crippen molar-refractivity contribution in [1.82, 2.24) is 9.47 Å². The van der Waals surface area contributed by atoms with E-state index >= 15 is 0 Å². The van der Waals surface area contributed by atoms with E-state index in [2.05, 4.69) is 70.3 Å². The van der Waals surface area contributed by atoms with Gasteiger partial charge in [-0.2, -0.15) is 0 Å². The van der Waals surface area contributed by atoms with Gasteiger partial charge in [-0.1, -0.05) is 36.8 Å². The number of hydrogen-bond acceptors (Lipinski definition) is 2. The Kier molecular flexibility index (Phi) is 5.03. The smallest absolute Gasteiger partial charge is 0.119 e. The van der Waals surface area contributed by atoms with Gasteiger partial charge in [0.2, 0.25) is 0 Å². The standard InChI is InChI=1S/C22H26N2O/c1-4-12-23(13-5-1)18-19-7-6-9-21(17-19)25-16-15-24-14-11-20-8-2-3-10-22(20)24/h2-3,6-11,14,17H,1,4-5,12-13,15-16,18H2. The Hall–Kier alpha value is -2.26. The van der Waals surface area contributed by atoms with Crippen LogP contribution >= 0.6 is 0 Å². The molecule has 3 heteroatoms. The highest BCUT2D eigenvalue weighted by Crippen LogP contribution is 2.18. The summed E-state index contributed by atoms with van der Waals surface area (Å²) in [5, 5.41) is 1.28. The molecule has 0 bridgehead atoms. The zero-order valence-corrected chi connectivity index (χ0v) is 14.7. The van der Waals surface area contributed by atoms with Crippen molar-refractivity contribution in [3.05, 3.63) is 66.4 Å².